The highest BCUT2D eigenvalue weighted by Gasteiger charge is 2.20. The Kier molecular flexibility index (Phi) is 4.66. The van der Waals surface area contributed by atoms with Crippen LogP contribution in [0.15, 0.2) is 30.9 Å². The summed E-state index contributed by atoms with van der Waals surface area (Å²) in [6.45, 7) is 3.47. The predicted octanol–water partition coefficient (Wildman–Crippen LogP) is 2.52. The van der Waals surface area contributed by atoms with E-state index in [9.17, 15) is 14.9 Å². The maximum Gasteiger partial charge on any atom is 0.310 e. The van der Waals surface area contributed by atoms with Gasteiger partial charge in [-0.25, -0.2) is 0 Å². The molecule has 0 fully saturated rings. The summed E-state index contributed by atoms with van der Waals surface area (Å²) in [7, 11) is 0. The normalized spacial score (nSPS) is 9.71. The summed E-state index contributed by atoms with van der Waals surface area (Å²) in [5.41, 5.74) is -0.0266. The lowest BCUT2D eigenvalue weighted by Crippen LogP contribution is -2.09. The summed E-state index contributed by atoms with van der Waals surface area (Å²) in [5.74, 6) is -0.560. The molecule has 0 aliphatic rings. The monoisotopic (exact) mass is 255 g/mol. The number of nitro benzene ring substituents is 1. The third kappa shape index (κ3) is 3.57. The minimum Gasteiger partial charge on any atom is -0.461 e. The number of nitrogens with zero attached hydrogens (tertiary/aromatic N) is 1. The Balaban J connectivity index is 2.91. The van der Waals surface area contributed by atoms with E-state index in [4.69, 9.17) is 16.3 Å². The molecule has 0 bridgehead atoms. The molecule has 6 heteroatoms. The lowest BCUT2D eigenvalue weighted by molar-refractivity contribution is -0.385. The van der Waals surface area contributed by atoms with Crippen LogP contribution in [0.4, 0.5) is 5.69 Å². The van der Waals surface area contributed by atoms with Crippen LogP contribution in [0, 0.1) is 10.1 Å². The van der Waals surface area contributed by atoms with Crippen molar-refractivity contribution in [3.8, 4) is 0 Å². The van der Waals surface area contributed by atoms with Crippen LogP contribution in [-0.2, 0) is 16.0 Å². The number of ether oxygens (including phenoxy) is 1. The second kappa shape index (κ2) is 6.00. The SMILES string of the molecule is C=CCOC(=O)Cc1cccc(Cl)c1[N+](=O)[O-]. The third-order valence-electron chi connectivity index (χ3n) is 1.95. The maximum absolute atomic E-state index is 11.3. The smallest absolute Gasteiger partial charge is 0.310 e. The molecule has 0 aromatic heterocycles. The summed E-state index contributed by atoms with van der Waals surface area (Å²) in [6, 6.07) is 4.42. The number of rotatable bonds is 5. The van der Waals surface area contributed by atoms with Gasteiger partial charge in [0.15, 0.2) is 0 Å². The lowest BCUT2D eigenvalue weighted by Gasteiger charge is -2.04. The quantitative estimate of drug-likeness (QED) is 0.351. The van der Waals surface area contributed by atoms with Gasteiger partial charge in [0.25, 0.3) is 5.69 Å². The van der Waals surface area contributed by atoms with Gasteiger partial charge in [-0.15, -0.1) is 0 Å². The van der Waals surface area contributed by atoms with Crippen molar-refractivity contribution in [2.45, 2.75) is 6.42 Å². The molecule has 1 rings (SSSR count). The molecule has 0 amide bonds. The summed E-state index contributed by atoms with van der Waals surface area (Å²) in [6.07, 6.45) is 1.23. The van der Waals surface area contributed by atoms with E-state index in [2.05, 4.69) is 6.58 Å². The van der Waals surface area contributed by atoms with Crippen molar-refractivity contribution >= 4 is 23.3 Å². The molecule has 0 heterocycles. The van der Waals surface area contributed by atoms with Crippen LogP contribution in [-0.4, -0.2) is 17.5 Å². The molecule has 0 radical (unpaired) electrons. The van der Waals surface area contributed by atoms with E-state index in [0.717, 1.165) is 0 Å². The van der Waals surface area contributed by atoms with Gasteiger partial charge in [-0.2, -0.15) is 0 Å². The number of hydrogen-bond donors (Lipinski definition) is 0. The number of benzene rings is 1. The van der Waals surface area contributed by atoms with Gasteiger partial charge in [-0.3, -0.25) is 14.9 Å². The van der Waals surface area contributed by atoms with E-state index in [1.165, 1.54) is 18.2 Å². The molecular formula is C11H10ClNO4. The van der Waals surface area contributed by atoms with Crippen molar-refractivity contribution in [2.24, 2.45) is 0 Å². The third-order valence-corrected chi connectivity index (χ3v) is 2.25. The second-order valence-electron chi connectivity index (χ2n) is 3.15. The molecule has 5 nitrogen and oxygen atoms in total. The van der Waals surface area contributed by atoms with Crippen LogP contribution in [0.2, 0.25) is 5.02 Å². The number of halogens is 1. The maximum atomic E-state index is 11.3. The van der Waals surface area contributed by atoms with Gasteiger partial charge in [-0.05, 0) is 6.07 Å². The Bertz CT molecular complexity index is 459. The fraction of sp³-hybridized carbons (Fsp3) is 0.182. The minimum atomic E-state index is -0.613. The van der Waals surface area contributed by atoms with Crippen molar-refractivity contribution in [2.75, 3.05) is 6.61 Å². The van der Waals surface area contributed by atoms with Gasteiger partial charge >= 0.3 is 5.97 Å². The summed E-state index contributed by atoms with van der Waals surface area (Å²) in [4.78, 5) is 21.5. The highest BCUT2D eigenvalue weighted by Crippen LogP contribution is 2.28. The van der Waals surface area contributed by atoms with Crippen LogP contribution in [0.3, 0.4) is 0 Å². The van der Waals surface area contributed by atoms with Crippen LogP contribution in [0.25, 0.3) is 0 Å². The zero-order valence-electron chi connectivity index (χ0n) is 8.89. The van der Waals surface area contributed by atoms with Gasteiger partial charge in [0.05, 0.1) is 11.3 Å². The Hall–Kier alpha value is -1.88. The average molecular weight is 256 g/mol. The molecule has 17 heavy (non-hydrogen) atoms. The highest BCUT2D eigenvalue weighted by molar-refractivity contribution is 6.32. The Morgan fingerprint density at radius 1 is 1.59 bits per heavy atom. The van der Waals surface area contributed by atoms with Crippen LogP contribution in [0.1, 0.15) is 5.56 Å². The molecule has 0 saturated carbocycles. The predicted molar refractivity (Wildman–Crippen MR) is 63.0 cm³/mol. The molecule has 0 spiro atoms. The first-order valence-electron chi connectivity index (χ1n) is 4.74. The number of carbonyl (C=O) groups excluding carboxylic acids is 1. The molecule has 0 aliphatic heterocycles. The zero-order valence-corrected chi connectivity index (χ0v) is 9.64. The molecule has 0 N–H and O–H groups in total. The first kappa shape index (κ1) is 13.2. The van der Waals surface area contributed by atoms with Crippen molar-refractivity contribution in [1.82, 2.24) is 0 Å². The van der Waals surface area contributed by atoms with Crippen molar-refractivity contribution in [1.29, 1.82) is 0 Å². The summed E-state index contributed by atoms with van der Waals surface area (Å²) >= 11 is 5.70. The van der Waals surface area contributed by atoms with Crippen molar-refractivity contribution < 1.29 is 14.5 Å². The van der Waals surface area contributed by atoms with Crippen molar-refractivity contribution in [3.05, 3.63) is 51.6 Å². The number of carbonyl (C=O) groups is 1. The van der Waals surface area contributed by atoms with Gasteiger partial charge in [-0.1, -0.05) is 36.4 Å². The van der Waals surface area contributed by atoms with E-state index >= 15 is 0 Å². The Morgan fingerprint density at radius 2 is 2.29 bits per heavy atom. The van der Waals surface area contributed by atoms with Gasteiger partial charge in [0.1, 0.15) is 11.6 Å². The molecule has 1 aromatic rings. The van der Waals surface area contributed by atoms with E-state index in [-0.39, 0.29) is 29.3 Å². The fourth-order valence-corrected chi connectivity index (χ4v) is 1.53. The molecule has 0 aliphatic carbocycles. The Morgan fingerprint density at radius 3 is 2.88 bits per heavy atom. The molecule has 0 unspecified atom stereocenters. The van der Waals surface area contributed by atoms with Gasteiger partial charge < -0.3 is 4.74 Å². The lowest BCUT2D eigenvalue weighted by atomic mass is 10.1. The van der Waals surface area contributed by atoms with E-state index in [1.807, 2.05) is 0 Å². The summed E-state index contributed by atoms with van der Waals surface area (Å²) < 4.78 is 4.75. The topological polar surface area (TPSA) is 69.4 Å². The molecule has 90 valence electrons. The summed E-state index contributed by atoms with van der Waals surface area (Å²) in [5, 5.41) is 10.8. The number of para-hydroxylation sites is 1. The minimum absolute atomic E-state index is 0.00372. The van der Waals surface area contributed by atoms with E-state index in [1.54, 1.807) is 6.07 Å². The second-order valence-corrected chi connectivity index (χ2v) is 3.56. The number of esters is 1. The Labute approximate surface area is 103 Å². The van der Waals surface area contributed by atoms with Gasteiger partial charge in [0, 0.05) is 5.56 Å². The zero-order chi connectivity index (χ0) is 12.8. The first-order valence-corrected chi connectivity index (χ1v) is 5.12. The first-order chi connectivity index (χ1) is 8.06. The fourth-order valence-electron chi connectivity index (χ4n) is 1.27. The average Bonchev–Trinajstić information content (AvgIpc) is 2.25. The van der Waals surface area contributed by atoms with Gasteiger partial charge in [0.2, 0.25) is 0 Å². The molecule has 0 saturated heterocycles. The molecule has 1 aromatic carbocycles. The molecule has 0 atom stereocenters. The van der Waals surface area contributed by atoms with E-state index < -0.39 is 10.9 Å². The largest absolute Gasteiger partial charge is 0.461 e. The van der Waals surface area contributed by atoms with E-state index in [0.29, 0.717) is 0 Å². The molecular weight excluding hydrogens is 246 g/mol. The van der Waals surface area contributed by atoms with Crippen molar-refractivity contribution in [3.63, 3.8) is 0 Å². The highest BCUT2D eigenvalue weighted by atomic mass is 35.5. The van der Waals surface area contributed by atoms with Crippen LogP contribution in [0.5, 0.6) is 0 Å². The standard InChI is InChI=1S/C11H10ClNO4/c1-2-6-17-10(14)7-8-4-3-5-9(12)11(8)13(15)16/h2-5H,1,6-7H2. The van der Waals surface area contributed by atoms with Crippen LogP contribution < -0.4 is 0 Å². The number of hydrogen-bond acceptors (Lipinski definition) is 4. The number of nitro groups is 1. The van der Waals surface area contributed by atoms with Crippen LogP contribution >= 0.6 is 11.6 Å².